The van der Waals surface area contributed by atoms with E-state index in [0.29, 0.717) is 13.0 Å². The second kappa shape index (κ2) is 12.0. The average Bonchev–Trinajstić information content (AvgIpc) is 2.43. The molecule has 0 aliphatic carbocycles. The third-order valence-electron chi connectivity index (χ3n) is 3.63. The van der Waals surface area contributed by atoms with E-state index in [1.165, 1.54) is 39.2 Å². The van der Waals surface area contributed by atoms with Crippen molar-refractivity contribution in [2.45, 2.75) is 84.2 Å². The van der Waals surface area contributed by atoms with Gasteiger partial charge >= 0.3 is 5.97 Å². The van der Waals surface area contributed by atoms with Crippen molar-refractivity contribution in [1.82, 2.24) is 5.32 Å². The summed E-state index contributed by atoms with van der Waals surface area (Å²) in [6, 6.07) is 0.229. The number of ether oxygens (including phenoxy) is 2. The van der Waals surface area contributed by atoms with Gasteiger partial charge in [-0.1, -0.05) is 39.0 Å². The van der Waals surface area contributed by atoms with Gasteiger partial charge in [-0.2, -0.15) is 0 Å². The summed E-state index contributed by atoms with van der Waals surface area (Å²) in [5.41, 5.74) is -0.663. The Labute approximate surface area is 131 Å². The van der Waals surface area contributed by atoms with Crippen LogP contribution in [0.25, 0.3) is 0 Å². The van der Waals surface area contributed by atoms with Crippen LogP contribution in [0.1, 0.15) is 72.6 Å². The van der Waals surface area contributed by atoms with Gasteiger partial charge in [0.25, 0.3) is 0 Å². The molecule has 0 saturated heterocycles. The van der Waals surface area contributed by atoms with Crippen LogP contribution in [0.2, 0.25) is 0 Å². The number of unbranched alkanes of at least 4 members (excludes halogenated alkanes) is 5. The molecule has 0 saturated carbocycles. The first-order valence-corrected chi connectivity index (χ1v) is 8.40. The smallest absolute Gasteiger partial charge is 0.325 e. The third kappa shape index (κ3) is 9.86. The SMILES string of the molecule is CCCCCCCCOCCC(C)(NC(C)C)C(=O)OC. The van der Waals surface area contributed by atoms with Gasteiger partial charge in [0.15, 0.2) is 0 Å². The predicted octanol–water partition coefficient (Wildman–Crippen LogP) is 3.68. The quantitative estimate of drug-likeness (QED) is 0.416. The highest BCUT2D eigenvalue weighted by Gasteiger charge is 2.34. The Kier molecular flexibility index (Phi) is 11.6. The first-order valence-electron chi connectivity index (χ1n) is 8.40. The summed E-state index contributed by atoms with van der Waals surface area (Å²) in [5.74, 6) is -0.223. The molecule has 0 fully saturated rings. The molecule has 0 aromatic rings. The Morgan fingerprint density at radius 3 is 2.29 bits per heavy atom. The third-order valence-corrected chi connectivity index (χ3v) is 3.63. The maximum atomic E-state index is 11.9. The second-order valence-corrected chi connectivity index (χ2v) is 6.25. The molecule has 0 bridgehead atoms. The number of carbonyl (C=O) groups excluding carboxylic acids is 1. The molecular formula is C17H35NO3. The van der Waals surface area contributed by atoms with Crippen molar-refractivity contribution >= 4 is 5.97 Å². The molecule has 1 N–H and O–H groups in total. The molecule has 0 radical (unpaired) electrons. The van der Waals surface area contributed by atoms with Crippen LogP contribution in [0.3, 0.4) is 0 Å². The Bertz CT molecular complexity index is 269. The van der Waals surface area contributed by atoms with Crippen LogP contribution < -0.4 is 5.32 Å². The molecule has 126 valence electrons. The fourth-order valence-corrected chi connectivity index (χ4v) is 2.46. The number of esters is 1. The Balaban J connectivity index is 3.81. The molecule has 0 aromatic heterocycles. The summed E-state index contributed by atoms with van der Waals surface area (Å²) in [4.78, 5) is 11.9. The monoisotopic (exact) mass is 301 g/mol. The number of carbonyl (C=O) groups is 1. The number of rotatable bonds is 13. The van der Waals surface area contributed by atoms with Crippen molar-refractivity contribution in [3.63, 3.8) is 0 Å². The molecule has 0 aliphatic rings. The first kappa shape index (κ1) is 20.4. The van der Waals surface area contributed by atoms with Gasteiger partial charge in [-0.05, 0) is 33.6 Å². The minimum atomic E-state index is -0.663. The van der Waals surface area contributed by atoms with Crippen molar-refractivity contribution in [1.29, 1.82) is 0 Å². The molecule has 21 heavy (non-hydrogen) atoms. The molecule has 0 spiro atoms. The molecule has 1 atom stereocenters. The van der Waals surface area contributed by atoms with Crippen molar-refractivity contribution in [3.8, 4) is 0 Å². The fraction of sp³-hybridized carbons (Fsp3) is 0.941. The summed E-state index contributed by atoms with van der Waals surface area (Å²) >= 11 is 0. The molecule has 0 amide bonds. The molecule has 0 rings (SSSR count). The van der Waals surface area contributed by atoms with E-state index in [2.05, 4.69) is 12.2 Å². The molecule has 0 aromatic carbocycles. The normalized spacial score (nSPS) is 14.2. The highest BCUT2D eigenvalue weighted by atomic mass is 16.5. The minimum Gasteiger partial charge on any atom is -0.468 e. The maximum Gasteiger partial charge on any atom is 0.325 e. The minimum absolute atomic E-state index is 0.223. The van der Waals surface area contributed by atoms with Crippen LogP contribution in [-0.4, -0.2) is 37.9 Å². The number of nitrogens with one attached hydrogen (secondary N) is 1. The van der Waals surface area contributed by atoms with E-state index in [1.54, 1.807) is 0 Å². The predicted molar refractivity (Wildman–Crippen MR) is 87.5 cm³/mol. The lowest BCUT2D eigenvalue weighted by Crippen LogP contribution is -2.53. The first-order chi connectivity index (χ1) is 9.96. The highest BCUT2D eigenvalue weighted by molar-refractivity contribution is 5.80. The Morgan fingerprint density at radius 2 is 1.71 bits per heavy atom. The zero-order valence-electron chi connectivity index (χ0n) is 14.7. The van der Waals surface area contributed by atoms with Crippen molar-refractivity contribution in [2.75, 3.05) is 20.3 Å². The van der Waals surface area contributed by atoms with Gasteiger partial charge in [0.2, 0.25) is 0 Å². The average molecular weight is 301 g/mol. The summed E-state index contributed by atoms with van der Waals surface area (Å²) in [5, 5.41) is 3.28. The topological polar surface area (TPSA) is 47.6 Å². The van der Waals surface area contributed by atoms with E-state index in [0.717, 1.165) is 13.0 Å². The second-order valence-electron chi connectivity index (χ2n) is 6.25. The zero-order valence-corrected chi connectivity index (χ0v) is 14.7. The Hall–Kier alpha value is -0.610. The molecule has 4 nitrogen and oxygen atoms in total. The number of hydrogen-bond acceptors (Lipinski definition) is 4. The van der Waals surface area contributed by atoms with E-state index < -0.39 is 5.54 Å². The van der Waals surface area contributed by atoms with Crippen LogP contribution in [-0.2, 0) is 14.3 Å². The van der Waals surface area contributed by atoms with Gasteiger partial charge in [-0.15, -0.1) is 0 Å². The standard InChI is InChI=1S/C17H35NO3/c1-6-7-8-9-10-11-13-21-14-12-17(4,16(19)20-5)18-15(2)3/h15,18H,6-14H2,1-5H3. The summed E-state index contributed by atoms with van der Waals surface area (Å²) in [7, 11) is 1.43. The van der Waals surface area contributed by atoms with Gasteiger partial charge in [0.1, 0.15) is 5.54 Å². The molecule has 4 heteroatoms. The molecular weight excluding hydrogens is 266 g/mol. The van der Waals surface area contributed by atoms with Gasteiger partial charge < -0.3 is 9.47 Å². The van der Waals surface area contributed by atoms with Gasteiger partial charge in [-0.25, -0.2) is 0 Å². The molecule has 0 aliphatic heterocycles. The largest absolute Gasteiger partial charge is 0.468 e. The van der Waals surface area contributed by atoms with E-state index in [1.807, 2.05) is 20.8 Å². The highest BCUT2D eigenvalue weighted by Crippen LogP contribution is 2.14. The van der Waals surface area contributed by atoms with Gasteiger partial charge in [-0.3, -0.25) is 10.1 Å². The van der Waals surface area contributed by atoms with Gasteiger partial charge in [0, 0.05) is 19.3 Å². The summed E-state index contributed by atoms with van der Waals surface area (Å²) in [6.07, 6.45) is 8.22. The molecule has 0 heterocycles. The van der Waals surface area contributed by atoms with E-state index in [4.69, 9.17) is 9.47 Å². The lowest BCUT2D eigenvalue weighted by atomic mass is 9.97. The van der Waals surface area contributed by atoms with Crippen LogP contribution >= 0.6 is 0 Å². The van der Waals surface area contributed by atoms with Crippen LogP contribution in [0.4, 0.5) is 0 Å². The van der Waals surface area contributed by atoms with E-state index in [-0.39, 0.29) is 12.0 Å². The van der Waals surface area contributed by atoms with E-state index in [9.17, 15) is 4.79 Å². The maximum absolute atomic E-state index is 11.9. The lowest BCUT2D eigenvalue weighted by Gasteiger charge is -2.30. The van der Waals surface area contributed by atoms with Crippen LogP contribution in [0, 0.1) is 0 Å². The van der Waals surface area contributed by atoms with Crippen LogP contribution in [0.5, 0.6) is 0 Å². The Morgan fingerprint density at radius 1 is 1.10 bits per heavy atom. The summed E-state index contributed by atoms with van der Waals surface area (Å²) in [6.45, 7) is 9.53. The lowest BCUT2D eigenvalue weighted by molar-refractivity contribution is -0.149. The summed E-state index contributed by atoms with van der Waals surface area (Å²) < 4.78 is 10.6. The number of hydrogen-bond donors (Lipinski definition) is 1. The van der Waals surface area contributed by atoms with Crippen molar-refractivity contribution in [3.05, 3.63) is 0 Å². The van der Waals surface area contributed by atoms with Crippen molar-refractivity contribution < 1.29 is 14.3 Å². The number of methoxy groups -OCH3 is 1. The molecule has 1 unspecified atom stereocenters. The fourth-order valence-electron chi connectivity index (χ4n) is 2.46. The van der Waals surface area contributed by atoms with E-state index >= 15 is 0 Å². The van der Waals surface area contributed by atoms with Crippen LogP contribution in [0.15, 0.2) is 0 Å². The van der Waals surface area contributed by atoms with Gasteiger partial charge in [0.05, 0.1) is 7.11 Å². The zero-order chi connectivity index (χ0) is 16.1. The van der Waals surface area contributed by atoms with Crippen molar-refractivity contribution in [2.24, 2.45) is 0 Å².